The van der Waals surface area contributed by atoms with Gasteiger partial charge in [0.25, 0.3) is 5.91 Å². The average molecular weight is 344 g/mol. The first kappa shape index (κ1) is 16.6. The topological polar surface area (TPSA) is 62.6 Å². The smallest absolute Gasteiger partial charge is 0.349 e. The third kappa shape index (κ3) is 3.21. The Morgan fingerprint density at radius 1 is 1.08 bits per heavy atom. The van der Waals surface area contributed by atoms with Gasteiger partial charge in [0, 0.05) is 25.2 Å². The molecule has 1 N–H and O–H groups in total. The number of benzene rings is 2. The van der Waals surface area contributed by atoms with E-state index >= 15 is 0 Å². The van der Waals surface area contributed by atoms with Crippen molar-refractivity contribution >= 4 is 28.3 Å². The molecule has 3 rings (SSSR count). The third-order valence-corrected chi connectivity index (χ3v) is 3.61. The van der Waals surface area contributed by atoms with E-state index in [-0.39, 0.29) is 16.9 Å². The number of nitrogens with zero attached hydrogens (tertiary/aromatic N) is 1. The van der Waals surface area contributed by atoms with Crippen molar-refractivity contribution in [2.75, 3.05) is 24.3 Å². The number of nitrogens with one attached hydrogen (secondary N) is 1. The second-order valence-corrected chi connectivity index (χ2v) is 5.62. The molecule has 1 heterocycles. The highest BCUT2D eigenvalue weighted by Crippen LogP contribution is 2.25. The molecule has 2 aromatic carbocycles. The first-order chi connectivity index (χ1) is 11.9. The number of rotatable bonds is 3. The molecule has 0 saturated carbocycles. The van der Waals surface area contributed by atoms with Crippen LogP contribution in [-0.2, 0) is 0 Å². The summed E-state index contributed by atoms with van der Waals surface area (Å²) in [5, 5.41) is 2.88. The molecule has 0 unspecified atom stereocenters. The number of hydrogen-bond donors (Lipinski definition) is 1. The van der Waals surface area contributed by atoms with E-state index in [1.807, 2.05) is 0 Å². The second kappa shape index (κ2) is 6.35. The van der Waals surface area contributed by atoms with Crippen LogP contribution in [0.15, 0.2) is 51.7 Å². The molecule has 1 amide bonds. The molecule has 0 spiro atoms. The fourth-order valence-corrected chi connectivity index (χ4v) is 2.48. The van der Waals surface area contributed by atoms with Crippen molar-refractivity contribution in [3.63, 3.8) is 0 Å². The maximum atomic E-state index is 14.0. The Morgan fingerprint density at radius 2 is 1.72 bits per heavy atom. The van der Waals surface area contributed by atoms with Crippen LogP contribution in [0.1, 0.15) is 10.4 Å². The van der Waals surface area contributed by atoms with Crippen molar-refractivity contribution in [2.24, 2.45) is 0 Å². The maximum Gasteiger partial charge on any atom is 0.349 e. The van der Waals surface area contributed by atoms with E-state index in [4.69, 9.17) is 4.42 Å². The molecule has 0 aliphatic carbocycles. The van der Waals surface area contributed by atoms with Crippen LogP contribution in [0.5, 0.6) is 0 Å². The summed E-state index contributed by atoms with van der Waals surface area (Å²) in [6.07, 6.45) is 0. The predicted octanol–water partition coefficient (Wildman–Crippen LogP) is 3.39. The van der Waals surface area contributed by atoms with Crippen molar-refractivity contribution in [1.29, 1.82) is 0 Å². The number of carbonyl (C=O) groups is 1. The van der Waals surface area contributed by atoms with Crippen molar-refractivity contribution in [1.82, 2.24) is 0 Å². The van der Waals surface area contributed by atoms with Gasteiger partial charge in [-0.3, -0.25) is 4.79 Å². The molecule has 7 heteroatoms. The normalized spacial score (nSPS) is 10.7. The number of hydrogen-bond acceptors (Lipinski definition) is 4. The predicted molar refractivity (Wildman–Crippen MR) is 91.1 cm³/mol. The van der Waals surface area contributed by atoms with Gasteiger partial charge in [-0.05, 0) is 24.3 Å². The summed E-state index contributed by atoms with van der Waals surface area (Å²) in [4.78, 5) is 25.5. The first-order valence-corrected chi connectivity index (χ1v) is 7.37. The zero-order valence-corrected chi connectivity index (χ0v) is 13.5. The molecule has 5 nitrogen and oxygen atoms in total. The van der Waals surface area contributed by atoms with E-state index in [0.717, 1.165) is 12.1 Å². The van der Waals surface area contributed by atoms with Gasteiger partial charge in [-0.2, -0.15) is 0 Å². The van der Waals surface area contributed by atoms with Gasteiger partial charge in [0.15, 0.2) is 11.6 Å². The lowest BCUT2D eigenvalue weighted by Crippen LogP contribution is -2.21. The molecule has 3 aromatic rings. The highest BCUT2D eigenvalue weighted by Gasteiger charge is 2.17. The lowest BCUT2D eigenvalue weighted by Gasteiger charge is -2.15. The molecular weight excluding hydrogens is 330 g/mol. The second-order valence-electron chi connectivity index (χ2n) is 5.62. The molecule has 0 bridgehead atoms. The van der Waals surface area contributed by atoms with Gasteiger partial charge in [-0.25, -0.2) is 13.6 Å². The number of fused-ring (bicyclic) bond motifs is 1. The third-order valence-electron chi connectivity index (χ3n) is 3.61. The number of para-hydroxylation sites is 1. The summed E-state index contributed by atoms with van der Waals surface area (Å²) < 4.78 is 33.1. The highest BCUT2D eigenvalue weighted by atomic mass is 19.1. The van der Waals surface area contributed by atoms with Crippen LogP contribution >= 0.6 is 0 Å². The summed E-state index contributed by atoms with van der Waals surface area (Å²) in [6.45, 7) is 0. The molecule has 0 saturated heterocycles. The number of amides is 1. The summed E-state index contributed by atoms with van der Waals surface area (Å²) in [6, 6.07) is 10.1. The van der Waals surface area contributed by atoms with Gasteiger partial charge in [-0.15, -0.1) is 0 Å². The van der Waals surface area contributed by atoms with Crippen LogP contribution in [0.25, 0.3) is 11.0 Å². The average Bonchev–Trinajstić information content (AvgIpc) is 2.53. The van der Waals surface area contributed by atoms with Gasteiger partial charge >= 0.3 is 5.63 Å². The standard InChI is InChI=1S/C18H14F2N2O3/c1-22(2)16-13(19)8-11(9-14(16)20)21-17(23)12-7-10-5-3-4-6-15(10)25-18(12)24/h3-9H,1-2H3,(H,21,23). The molecule has 25 heavy (non-hydrogen) atoms. The number of anilines is 2. The van der Waals surface area contributed by atoms with E-state index in [2.05, 4.69) is 5.32 Å². The Balaban J connectivity index is 1.95. The largest absolute Gasteiger partial charge is 0.422 e. The van der Waals surface area contributed by atoms with Gasteiger partial charge < -0.3 is 14.6 Å². The SMILES string of the molecule is CN(C)c1c(F)cc(NC(=O)c2cc3ccccc3oc2=O)cc1F. The number of carbonyl (C=O) groups excluding carboxylic acids is 1. The minimum Gasteiger partial charge on any atom is -0.422 e. The molecule has 0 fully saturated rings. The lowest BCUT2D eigenvalue weighted by atomic mass is 10.1. The van der Waals surface area contributed by atoms with E-state index in [1.54, 1.807) is 24.3 Å². The van der Waals surface area contributed by atoms with E-state index in [9.17, 15) is 18.4 Å². The summed E-state index contributed by atoms with van der Waals surface area (Å²) >= 11 is 0. The highest BCUT2D eigenvalue weighted by molar-refractivity contribution is 6.05. The van der Waals surface area contributed by atoms with E-state index in [0.29, 0.717) is 11.0 Å². The Labute approximate surface area is 141 Å². The fraction of sp³-hybridized carbons (Fsp3) is 0.111. The molecule has 1 aromatic heterocycles. The Hall–Kier alpha value is -3.22. The monoisotopic (exact) mass is 344 g/mol. The van der Waals surface area contributed by atoms with Crippen molar-refractivity contribution in [2.45, 2.75) is 0 Å². The number of halogens is 2. The van der Waals surface area contributed by atoms with Gasteiger partial charge in [0.2, 0.25) is 0 Å². The van der Waals surface area contributed by atoms with E-state index < -0.39 is 23.2 Å². The minimum absolute atomic E-state index is 0.0989. The Morgan fingerprint density at radius 3 is 2.36 bits per heavy atom. The Bertz CT molecular complexity index is 1010. The van der Waals surface area contributed by atoms with Gasteiger partial charge in [0.1, 0.15) is 16.8 Å². The fourth-order valence-electron chi connectivity index (χ4n) is 2.48. The maximum absolute atomic E-state index is 14.0. The van der Waals surface area contributed by atoms with Gasteiger partial charge in [-0.1, -0.05) is 18.2 Å². The molecule has 128 valence electrons. The van der Waals surface area contributed by atoms with Crippen molar-refractivity contribution < 1.29 is 18.0 Å². The summed E-state index contributed by atoms with van der Waals surface area (Å²) in [5.74, 6) is -2.47. The Kier molecular flexibility index (Phi) is 4.22. The quantitative estimate of drug-likeness (QED) is 0.740. The van der Waals surface area contributed by atoms with Crippen molar-refractivity contribution in [3.8, 4) is 0 Å². The zero-order valence-electron chi connectivity index (χ0n) is 13.5. The summed E-state index contributed by atoms with van der Waals surface area (Å²) in [7, 11) is 3.00. The van der Waals surface area contributed by atoms with Crippen LogP contribution in [0, 0.1) is 11.6 Å². The zero-order chi connectivity index (χ0) is 18.1. The van der Waals surface area contributed by atoms with Crippen LogP contribution in [-0.4, -0.2) is 20.0 Å². The van der Waals surface area contributed by atoms with Crippen molar-refractivity contribution in [3.05, 3.63) is 70.1 Å². The van der Waals surface area contributed by atoms with Crippen LogP contribution < -0.4 is 15.8 Å². The molecule has 0 radical (unpaired) electrons. The molecular formula is C18H14F2N2O3. The first-order valence-electron chi connectivity index (χ1n) is 7.37. The molecule has 0 aliphatic rings. The molecule has 0 atom stereocenters. The van der Waals surface area contributed by atoms with Gasteiger partial charge in [0.05, 0.1) is 0 Å². The molecule has 0 aliphatic heterocycles. The summed E-state index contributed by atoms with van der Waals surface area (Å²) in [5.41, 5.74) is -1.06. The van der Waals surface area contributed by atoms with Crippen LogP contribution in [0.3, 0.4) is 0 Å². The van der Waals surface area contributed by atoms with Crippen LogP contribution in [0.2, 0.25) is 0 Å². The lowest BCUT2D eigenvalue weighted by molar-refractivity contribution is 0.102. The van der Waals surface area contributed by atoms with Crippen LogP contribution in [0.4, 0.5) is 20.2 Å². The minimum atomic E-state index is -0.831. The van der Waals surface area contributed by atoms with E-state index in [1.165, 1.54) is 25.1 Å².